The number of rotatable bonds is 9. The van der Waals surface area contributed by atoms with Crippen molar-refractivity contribution in [3.8, 4) is 0 Å². The Morgan fingerprint density at radius 2 is 1.50 bits per heavy atom. The van der Waals surface area contributed by atoms with Crippen LogP contribution in [0.2, 0.25) is 0 Å². The van der Waals surface area contributed by atoms with Gasteiger partial charge < -0.3 is 9.72 Å². The number of hydrogen-bond acceptors (Lipinski definition) is 2. The molecule has 2 atom stereocenters. The van der Waals surface area contributed by atoms with Gasteiger partial charge in [0.2, 0.25) is 0 Å². The van der Waals surface area contributed by atoms with Crippen molar-refractivity contribution in [1.82, 2.24) is 9.97 Å². The minimum atomic E-state index is -0.234. The molecule has 2 unspecified atom stereocenters. The van der Waals surface area contributed by atoms with Gasteiger partial charge in [0.15, 0.2) is 0 Å². The van der Waals surface area contributed by atoms with Crippen LogP contribution in [0.15, 0.2) is 116 Å². The van der Waals surface area contributed by atoms with Crippen LogP contribution >= 0.6 is 0 Å². The van der Waals surface area contributed by atoms with Crippen LogP contribution in [0.25, 0.3) is 10.8 Å². The summed E-state index contributed by atoms with van der Waals surface area (Å²) < 4.78 is 6.59. The second-order valence-electron chi connectivity index (χ2n) is 9.97. The van der Waals surface area contributed by atoms with Crippen molar-refractivity contribution in [3.63, 3.8) is 0 Å². The number of H-pyrrole nitrogens is 1. The third-order valence-electron chi connectivity index (χ3n) is 7.23. The van der Waals surface area contributed by atoms with Gasteiger partial charge in [0, 0.05) is 18.0 Å². The molecule has 1 heterocycles. The molecule has 0 aliphatic rings. The van der Waals surface area contributed by atoms with E-state index in [9.17, 15) is 0 Å². The Morgan fingerprint density at radius 3 is 2.19 bits per heavy atom. The van der Waals surface area contributed by atoms with Crippen molar-refractivity contribution in [1.29, 1.82) is 0 Å². The number of aromatic amines is 1. The van der Waals surface area contributed by atoms with E-state index < -0.39 is 0 Å². The SMILES string of the molecule is CC(OCc1ccccc1)[C](c1ccc2ccccc2c1)C(c1c[nH]cn1)C(C)(C)c1ccccc1. The molecule has 0 saturated heterocycles. The average molecular weight is 474 g/mol. The summed E-state index contributed by atoms with van der Waals surface area (Å²) in [6.45, 7) is 7.35. The zero-order valence-electron chi connectivity index (χ0n) is 21.2. The van der Waals surface area contributed by atoms with Crippen LogP contribution in [0.3, 0.4) is 0 Å². The Morgan fingerprint density at radius 1 is 0.833 bits per heavy atom. The van der Waals surface area contributed by atoms with Gasteiger partial charge in [-0.3, -0.25) is 0 Å². The number of benzene rings is 4. The van der Waals surface area contributed by atoms with Crippen LogP contribution in [0, 0.1) is 5.92 Å². The topological polar surface area (TPSA) is 37.9 Å². The molecule has 0 amide bonds. The summed E-state index contributed by atoms with van der Waals surface area (Å²) in [5.74, 6) is 1.23. The first kappa shape index (κ1) is 24.0. The van der Waals surface area contributed by atoms with E-state index in [1.165, 1.54) is 33.4 Å². The zero-order valence-corrected chi connectivity index (χ0v) is 21.2. The second kappa shape index (κ2) is 10.5. The van der Waals surface area contributed by atoms with Crippen molar-refractivity contribution >= 4 is 10.8 Å². The predicted octanol–water partition coefficient (Wildman–Crippen LogP) is 7.85. The van der Waals surface area contributed by atoms with Gasteiger partial charge in [0.25, 0.3) is 0 Å². The number of aromatic nitrogens is 2. The summed E-state index contributed by atoms with van der Waals surface area (Å²) in [6, 6.07) is 36.4. The lowest BCUT2D eigenvalue weighted by Crippen LogP contribution is -2.37. The molecule has 0 fully saturated rings. The zero-order chi connectivity index (χ0) is 25.0. The predicted molar refractivity (Wildman–Crippen MR) is 148 cm³/mol. The molecular formula is C33H33N2O. The molecule has 0 saturated carbocycles. The minimum Gasteiger partial charge on any atom is -0.373 e. The number of fused-ring (bicyclic) bond motifs is 1. The first-order chi connectivity index (χ1) is 17.5. The van der Waals surface area contributed by atoms with Crippen molar-refractivity contribution in [2.24, 2.45) is 0 Å². The quantitative estimate of drug-likeness (QED) is 0.237. The summed E-state index contributed by atoms with van der Waals surface area (Å²) in [5.41, 5.74) is 4.41. The first-order valence-electron chi connectivity index (χ1n) is 12.6. The molecule has 5 rings (SSSR count). The fourth-order valence-corrected chi connectivity index (χ4v) is 5.27. The molecule has 0 spiro atoms. The van der Waals surface area contributed by atoms with Crippen LogP contribution in [-0.2, 0) is 16.8 Å². The summed E-state index contributed by atoms with van der Waals surface area (Å²) >= 11 is 0. The first-order valence-corrected chi connectivity index (χ1v) is 12.6. The highest BCUT2D eigenvalue weighted by Gasteiger charge is 2.43. The molecule has 0 aliphatic heterocycles. The molecule has 5 aromatic rings. The Labute approximate surface area is 214 Å². The number of nitrogens with zero attached hydrogens (tertiary/aromatic N) is 1. The number of imidazole rings is 1. The molecule has 0 bridgehead atoms. The maximum Gasteiger partial charge on any atom is 0.0923 e. The van der Waals surface area contributed by atoms with E-state index in [4.69, 9.17) is 9.72 Å². The lowest BCUT2D eigenvalue weighted by molar-refractivity contribution is 0.0562. The van der Waals surface area contributed by atoms with Crippen LogP contribution in [-0.4, -0.2) is 16.1 Å². The van der Waals surface area contributed by atoms with Crippen molar-refractivity contribution in [2.75, 3.05) is 0 Å². The monoisotopic (exact) mass is 473 g/mol. The largest absolute Gasteiger partial charge is 0.373 e. The van der Waals surface area contributed by atoms with E-state index in [2.05, 4.69) is 123 Å². The Hall–Kier alpha value is -3.69. The minimum absolute atomic E-state index is 0.00177. The van der Waals surface area contributed by atoms with Gasteiger partial charge in [0.1, 0.15) is 0 Å². The summed E-state index contributed by atoms with van der Waals surface area (Å²) in [5, 5.41) is 2.46. The third-order valence-corrected chi connectivity index (χ3v) is 7.23. The van der Waals surface area contributed by atoms with Gasteiger partial charge >= 0.3 is 0 Å². The van der Waals surface area contributed by atoms with Gasteiger partial charge in [0.05, 0.1) is 24.7 Å². The van der Waals surface area contributed by atoms with Gasteiger partial charge in [-0.1, -0.05) is 117 Å². The maximum absolute atomic E-state index is 6.59. The summed E-state index contributed by atoms with van der Waals surface area (Å²) in [7, 11) is 0. The highest BCUT2D eigenvalue weighted by atomic mass is 16.5. The smallest absolute Gasteiger partial charge is 0.0923 e. The van der Waals surface area contributed by atoms with Crippen molar-refractivity contribution in [3.05, 3.63) is 144 Å². The molecule has 3 nitrogen and oxygen atoms in total. The average Bonchev–Trinajstić information content (AvgIpc) is 3.45. The molecule has 0 aliphatic carbocycles. The molecule has 1 radical (unpaired) electrons. The van der Waals surface area contributed by atoms with E-state index in [0.717, 1.165) is 5.69 Å². The fourth-order valence-electron chi connectivity index (χ4n) is 5.27. The number of ether oxygens (including phenoxy) is 1. The Balaban J connectivity index is 1.62. The normalized spacial score (nSPS) is 13.7. The van der Waals surface area contributed by atoms with E-state index in [0.29, 0.717) is 6.61 Å². The number of nitrogens with one attached hydrogen (secondary N) is 1. The van der Waals surface area contributed by atoms with E-state index in [-0.39, 0.29) is 17.4 Å². The summed E-state index contributed by atoms with van der Waals surface area (Å²) in [4.78, 5) is 7.99. The fraction of sp³-hybridized carbons (Fsp3) is 0.212. The van der Waals surface area contributed by atoms with Crippen LogP contribution in [0.1, 0.15) is 49.1 Å². The summed E-state index contributed by atoms with van der Waals surface area (Å²) in [6.07, 6.45) is 3.67. The Bertz CT molecular complexity index is 1380. The van der Waals surface area contributed by atoms with E-state index in [1.54, 1.807) is 6.33 Å². The lowest BCUT2D eigenvalue weighted by atomic mass is 9.63. The second-order valence-corrected chi connectivity index (χ2v) is 9.97. The molecule has 181 valence electrons. The molecule has 4 aromatic carbocycles. The van der Waals surface area contributed by atoms with Gasteiger partial charge in [-0.15, -0.1) is 0 Å². The highest BCUT2D eigenvalue weighted by molar-refractivity contribution is 5.83. The van der Waals surface area contributed by atoms with Gasteiger partial charge in [-0.05, 0) is 39.8 Å². The molecular weight excluding hydrogens is 440 g/mol. The van der Waals surface area contributed by atoms with Crippen molar-refractivity contribution in [2.45, 2.75) is 44.8 Å². The Kier molecular flexibility index (Phi) is 7.02. The molecule has 1 aromatic heterocycles. The van der Waals surface area contributed by atoms with Crippen LogP contribution in [0.5, 0.6) is 0 Å². The van der Waals surface area contributed by atoms with Gasteiger partial charge in [-0.2, -0.15) is 0 Å². The lowest BCUT2D eigenvalue weighted by Gasteiger charge is -2.41. The van der Waals surface area contributed by atoms with Crippen molar-refractivity contribution < 1.29 is 4.74 Å². The van der Waals surface area contributed by atoms with Crippen LogP contribution < -0.4 is 0 Å². The standard InChI is InChI=1S/C33H33N2O/c1-24(36-22-25-12-6-4-7-13-25)31(28-19-18-26-14-10-11-15-27(26)20-28)32(30-21-34-23-35-30)33(2,3)29-16-8-5-9-17-29/h4-21,23-24,32H,22H2,1-3H3,(H,34,35). The molecule has 36 heavy (non-hydrogen) atoms. The van der Waals surface area contributed by atoms with E-state index in [1.807, 2.05) is 12.3 Å². The molecule has 3 heteroatoms. The highest BCUT2D eigenvalue weighted by Crippen LogP contribution is 2.48. The third kappa shape index (κ3) is 4.98. The van der Waals surface area contributed by atoms with E-state index >= 15 is 0 Å². The van der Waals surface area contributed by atoms with Crippen LogP contribution in [0.4, 0.5) is 0 Å². The maximum atomic E-state index is 6.59. The number of hydrogen-bond donors (Lipinski definition) is 1. The molecule has 1 N–H and O–H groups in total. The van der Waals surface area contributed by atoms with Gasteiger partial charge in [-0.25, -0.2) is 4.98 Å².